The predicted octanol–water partition coefficient (Wildman–Crippen LogP) is 1.94. The van der Waals surface area contributed by atoms with Gasteiger partial charge in [-0.25, -0.2) is 26.6 Å². The van der Waals surface area contributed by atoms with Gasteiger partial charge in [-0.1, -0.05) is 0 Å². The first-order chi connectivity index (χ1) is 14.2. The molecule has 12 heteroatoms. The normalized spacial score (nSPS) is 12.0. The van der Waals surface area contributed by atoms with Crippen LogP contribution in [0.4, 0.5) is 4.39 Å². The molecule has 0 saturated heterocycles. The van der Waals surface area contributed by atoms with Gasteiger partial charge < -0.3 is 9.84 Å². The summed E-state index contributed by atoms with van der Waals surface area (Å²) in [5.74, 6) is -3.14. The lowest BCUT2D eigenvalue weighted by atomic mass is 10.2. The Morgan fingerprint density at radius 3 is 2.60 bits per heavy atom. The number of aliphatic hydroxyl groups is 1. The van der Waals surface area contributed by atoms with Crippen molar-refractivity contribution in [2.75, 3.05) is 6.61 Å². The third kappa shape index (κ3) is 4.12. The van der Waals surface area contributed by atoms with Crippen LogP contribution in [0, 0.1) is 5.82 Å². The molecule has 0 bridgehead atoms. The molecule has 0 aliphatic rings. The molecular formula is C18H15FN4O6S. The first kappa shape index (κ1) is 20.9. The number of aromatic amines is 1. The summed E-state index contributed by atoms with van der Waals surface area (Å²) in [6, 6.07) is 4.96. The van der Waals surface area contributed by atoms with Gasteiger partial charge in [0.2, 0.25) is 5.82 Å². The standard InChI is InChI=1S/C18H15FN4O6S/c1-2-29-18(26)14-7-11(15(24)8-16(25)17-20-10-21-22-17)9-23(14)30(27,28)13-5-3-12(19)4-6-13/h3-10,25H,2H2,1H3,(H,20,21,22). The Balaban J connectivity index is 2.07. The minimum Gasteiger partial charge on any atom is -0.504 e. The van der Waals surface area contributed by atoms with E-state index in [1.807, 2.05) is 0 Å². The van der Waals surface area contributed by atoms with E-state index in [2.05, 4.69) is 15.2 Å². The monoisotopic (exact) mass is 434 g/mol. The Hall–Kier alpha value is -3.80. The molecule has 3 rings (SSSR count). The van der Waals surface area contributed by atoms with Crippen LogP contribution in [-0.4, -0.2) is 51.0 Å². The van der Waals surface area contributed by atoms with Crippen molar-refractivity contribution in [3.8, 4) is 0 Å². The fourth-order valence-corrected chi connectivity index (χ4v) is 3.80. The van der Waals surface area contributed by atoms with Gasteiger partial charge in [0.05, 0.1) is 11.5 Å². The number of ketones is 1. The van der Waals surface area contributed by atoms with Crippen molar-refractivity contribution in [1.29, 1.82) is 0 Å². The first-order valence-corrected chi connectivity index (χ1v) is 9.90. The Morgan fingerprint density at radius 1 is 1.30 bits per heavy atom. The van der Waals surface area contributed by atoms with Crippen molar-refractivity contribution in [2.24, 2.45) is 0 Å². The molecule has 0 spiro atoms. The fraction of sp³-hybridized carbons (Fsp3) is 0.111. The molecule has 0 aliphatic heterocycles. The van der Waals surface area contributed by atoms with E-state index in [1.54, 1.807) is 0 Å². The number of hydrogen-bond donors (Lipinski definition) is 2. The molecule has 0 saturated carbocycles. The molecule has 0 aliphatic carbocycles. The van der Waals surface area contributed by atoms with Crippen LogP contribution < -0.4 is 0 Å². The van der Waals surface area contributed by atoms with Gasteiger partial charge in [-0.05, 0) is 37.3 Å². The average Bonchev–Trinajstić information content (AvgIpc) is 3.39. The number of ether oxygens (including phenoxy) is 1. The summed E-state index contributed by atoms with van der Waals surface area (Å²) in [5.41, 5.74) is -0.652. The van der Waals surface area contributed by atoms with Gasteiger partial charge in [0.1, 0.15) is 17.8 Å². The predicted molar refractivity (Wildman–Crippen MR) is 101 cm³/mol. The maximum atomic E-state index is 13.2. The number of aliphatic hydroxyl groups excluding tert-OH is 1. The molecule has 30 heavy (non-hydrogen) atoms. The van der Waals surface area contributed by atoms with Crippen LogP contribution in [0.3, 0.4) is 0 Å². The van der Waals surface area contributed by atoms with Crippen LogP contribution in [0.2, 0.25) is 0 Å². The number of H-pyrrole nitrogens is 1. The second kappa shape index (κ2) is 8.29. The minimum atomic E-state index is -4.35. The van der Waals surface area contributed by atoms with Crippen molar-refractivity contribution in [1.82, 2.24) is 19.2 Å². The van der Waals surface area contributed by atoms with Gasteiger partial charge in [0.25, 0.3) is 10.0 Å². The number of allylic oxidation sites excluding steroid dienone is 1. The van der Waals surface area contributed by atoms with E-state index in [0.29, 0.717) is 3.97 Å². The van der Waals surface area contributed by atoms with Crippen molar-refractivity contribution in [2.45, 2.75) is 11.8 Å². The van der Waals surface area contributed by atoms with Crippen LogP contribution in [0.15, 0.2) is 53.8 Å². The van der Waals surface area contributed by atoms with Crippen LogP contribution in [0.1, 0.15) is 33.6 Å². The molecule has 0 unspecified atom stereocenters. The molecular weight excluding hydrogens is 419 g/mol. The van der Waals surface area contributed by atoms with E-state index < -0.39 is 39.0 Å². The summed E-state index contributed by atoms with van der Waals surface area (Å²) >= 11 is 0. The van der Waals surface area contributed by atoms with Gasteiger partial charge in [-0.2, -0.15) is 5.10 Å². The van der Waals surface area contributed by atoms with Gasteiger partial charge in [0, 0.05) is 17.8 Å². The van der Waals surface area contributed by atoms with Crippen LogP contribution >= 0.6 is 0 Å². The lowest BCUT2D eigenvalue weighted by Crippen LogP contribution is -2.19. The van der Waals surface area contributed by atoms with E-state index in [4.69, 9.17) is 4.74 Å². The van der Waals surface area contributed by atoms with Gasteiger partial charge in [-0.3, -0.25) is 9.89 Å². The topological polar surface area (TPSA) is 144 Å². The lowest BCUT2D eigenvalue weighted by molar-refractivity contribution is 0.0518. The highest BCUT2D eigenvalue weighted by Gasteiger charge is 2.27. The zero-order chi connectivity index (χ0) is 21.9. The summed E-state index contributed by atoms with van der Waals surface area (Å²) in [6.45, 7) is 1.50. The number of nitrogens with one attached hydrogen (secondary N) is 1. The number of benzene rings is 1. The molecule has 2 N–H and O–H groups in total. The fourth-order valence-electron chi connectivity index (χ4n) is 2.46. The molecule has 0 fully saturated rings. The van der Waals surface area contributed by atoms with Crippen molar-refractivity contribution < 1.29 is 32.2 Å². The summed E-state index contributed by atoms with van der Waals surface area (Å²) in [5, 5.41) is 15.9. The van der Waals surface area contributed by atoms with E-state index in [0.717, 1.165) is 42.6 Å². The zero-order valence-electron chi connectivity index (χ0n) is 15.4. The molecule has 156 valence electrons. The highest BCUT2D eigenvalue weighted by molar-refractivity contribution is 7.90. The molecule has 0 atom stereocenters. The molecule has 0 radical (unpaired) electrons. The maximum absolute atomic E-state index is 13.2. The number of carbonyl (C=O) groups is 2. The molecule has 1 aromatic carbocycles. The number of carbonyl (C=O) groups excluding carboxylic acids is 2. The molecule has 2 heterocycles. The van der Waals surface area contributed by atoms with Crippen LogP contribution in [-0.2, 0) is 14.8 Å². The number of nitrogens with zero attached hydrogens (tertiary/aromatic N) is 3. The first-order valence-electron chi connectivity index (χ1n) is 8.46. The lowest BCUT2D eigenvalue weighted by Gasteiger charge is -2.09. The smallest absolute Gasteiger partial charge is 0.356 e. The summed E-state index contributed by atoms with van der Waals surface area (Å²) < 4.78 is 44.5. The van der Waals surface area contributed by atoms with Crippen LogP contribution in [0.25, 0.3) is 5.76 Å². The van der Waals surface area contributed by atoms with E-state index in [-0.39, 0.29) is 22.9 Å². The van der Waals surface area contributed by atoms with Gasteiger partial charge in [-0.15, -0.1) is 0 Å². The maximum Gasteiger partial charge on any atom is 0.356 e. The third-order valence-electron chi connectivity index (χ3n) is 3.84. The highest BCUT2D eigenvalue weighted by Crippen LogP contribution is 2.21. The quantitative estimate of drug-likeness (QED) is 0.248. The molecule has 3 aromatic rings. The van der Waals surface area contributed by atoms with Crippen LogP contribution in [0.5, 0.6) is 0 Å². The summed E-state index contributed by atoms with van der Waals surface area (Å²) in [7, 11) is -4.35. The average molecular weight is 434 g/mol. The second-order valence-electron chi connectivity index (χ2n) is 5.81. The number of aromatic nitrogens is 4. The second-order valence-corrected chi connectivity index (χ2v) is 7.62. The van der Waals surface area contributed by atoms with Gasteiger partial charge >= 0.3 is 5.97 Å². The molecule has 10 nitrogen and oxygen atoms in total. The van der Waals surface area contributed by atoms with Crippen molar-refractivity contribution in [3.05, 3.63) is 71.8 Å². The summed E-state index contributed by atoms with van der Waals surface area (Å²) in [4.78, 5) is 28.1. The summed E-state index contributed by atoms with van der Waals surface area (Å²) in [6.07, 6.45) is 2.88. The number of esters is 1. The minimum absolute atomic E-state index is 0.0323. The Morgan fingerprint density at radius 2 is 2.00 bits per heavy atom. The SMILES string of the molecule is CCOC(=O)c1cc(C(=O)C=C(O)c2nc[nH]n2)cn1S(=O)(=O)c1ccc(F)cc1. The van der Waals surface area contributed by atoms with E-state index >= 15 is 0 Å². The highest BCUT2D eigenvalue weighted by atomic mass is 32.2. The van der Waals surface area contributed by atoms with E-state index in [9.17, 15) is 27.5 Å². The van der Waals surface area contributed by atoms with Crippen molar-refractivity contribution >= 4 is 27.5 Å². The van der Waals surface area contributed by atoms with Crippen molar-refractivity contribution in [3.63, 3.8) is 0 Å². The number of rotatable bonds is 7. The Labute approximate surface area is 169 Å². The zero-order valence-corrected chi connectivity index (χ0v) is 16.3. The van der Waals surface area contributed by atoms with E-state index in [1.165, 1.54) is 13.3 Å². The molecule has 2 aromatic heterocycles. The Bertz CT molecular complexity index is 1210. The number of hydrogen-bond acceptors (Lipinski definition) is 8. The number of halogens is 1. The molecule has 0 amide bonds. The third-order valence-corrected chi connectivity index (χ3v) is 5.53. The largest absolute Gasteiger partial charge is 0.504 e. The van der Waals surface area contributed by atoms with Gasteiger partial charge in [0.15, 0.2) is 11.5 Å². The Kier molecular flexibility index (Phi) is 5.78.